The number of hydrogen-bond donors (Lipinski definition) is 1. The summed E-state index contributed by atoms with van der Waals surface area (Å²) in [6, 6.07) is 7.02. The van der Waals surface area contributed by atoms with Crippen LogP contribution in [-0.4, -0.2) is 69.0 Å². The van der Waals surface area contributed by atoms with Crippen LogP contribution in [0.4, 0.5) is 17.6 Å². The minimum absolute atomic E-state index is 0.0170. The van der Waals surface area contributed by atoms with Gasteiger partial charge in [-0.05, 0) is 68.0 Å². The van der Waals surface area contributed by atoms with Gasteiger partial charge in [0.1, 0.15) is 11.9 Å². The zero-order valence-corrected chi connectivity index (χ0v) is 24.0. The highest BCUT2D eigenvalue weighted by Gasteiger charge is 2.42. The molecule has 6 nitrogen and oxygen atoms in total. The summed E-state index contributed by atoms with van der Waals surface area (Å²) in [7, 11) is 0. The van der Waals surface area contributed by atoms with Gasteiger partial charge < -0.3 is 14.4 Å². The summed E-state index contributed by atoms with van der Waals surface area (Å²) in [5.74, 6) is -0.439. The van der Waals surface area contributed by atoms with Crippen molar-refractivity contribution in [3.05, 3.63) is 70.4 Å². The predicted octanol–water partition coefficient (Wildman–Crippen LogP) is 6.68. The maximum atomic E-state index is 14.2. The molecule has 1 saturated carbocycles. The van der Waals surface area contributed by atoms with Crippen LogP contribution in [0.1, 0.15) is 67.2 Å². The zero-order valence-electron chi connectivity index (χ0n) is 23.2. The van der Waals surface area contributed by atoms with E-state index in [1.165, 1.54) is 10.5 Å². The molecule has 2 aromatic heterocycles. The van der Waals surface area contributed by atoms with E-state index in [9.17, 15) is 27.5 Å². The second kappa shape index (κ2) is 11.8. The second-order valence-electron chi connectivity index (χ2n) is 12.3. The van der Waals surface area contributed by atoms with Gasteiger partial charge in [0, 0.05) is 49.6 Å². The van der Waals surface area contributed by atoms with Crippen molar-refractivity contribution in [2.75, 3.05) is 32.7 Å². The number of rotatable bonds is 8. The van der Waals surface area contributed by atoms with Gasteiger partial charge in [-0.25, -0.2) is 9.37 Å². The summed E-state index contributed by atoms with van der Waals surface area (Å²) in [6.07, 6.45) is 3.69. The third-order valence-electron chi connectivity index (χ3n) is 9.67. The number of carboxylic acid groups (broad SMARTS) is 1. The van der Waals surface area contributed by atoms with Crippen molar-refractivity contribution in [1.29, 1.82) is 0 Å². The van der Waals surface area contributed by atoms with Crippen molar-refractivity contribution in [3.8, 4) is 0 Å². The number of pyridine rings is 1. The summed E-state index contributed by atoms with van der Waals surface area (Å²) in [6.45, 7) is 3.47. The zero-order chi connectivity index (χ0) is 29.6. The molecule has 0 spiro atoms. The SMILES string of the molecule is O=C(O)[C@@H](CC1CCC1)N1C[C@H](CN2CCC(c3cnc4c(Cl)cc(C(F)(F)F)cn34)CC2)[C@@H](c2cccc(F)c2)C1. The lowest BCUT2D eigenvalue weighted by molar-refractivity contribution is -0.144. The van der Waals surface area contributed by atoms with E-state index in [4.69, 9.17) is 11.6 Å². The molecule has 4 heterocycles. The first kappa shape index (κ1) is 29.4. The fourth-order valence-electron chi connectivity index (χ4n) is 7.17. The van der Waals surface area contributed by atoms with Gasteiger partial charge in [0.15, 0.2) is 5.65 Å². The lowest BCUT2D eigenvalue weighted by Gasteiger charge is -2.35. The molecule has 0 bridgehead atoms. The number of aromatic nitrogens is 2. The number of aliphatic carboxylic acids is 1. The smallest absolute Gasteiger partial charge is 0.417 e. The Morgan fingerprint density at radius 3 is 2.52 bits per heavy atom. The van der Waals surface area contributed by atoms with Gasteiger partial charge in [-0.2, -0.15) is 13.2 Å². The number of alkyl halides is 3. The number of hydrogen-bond acceptors (Lipinski definition) is 4. The number of halogens is 5. The summed E-state index contributed by atoms with van der Waals surface area (Å²) >= 11 is 6.15. The lowest BCUT2D eigenvalue weighted by atomic mass is 9.80. The molecule has 1 aliphatic carbocycles. The first-order valence-electron chi connectivity index (χ1n) is 14.7. The van der Waals surface area contributed by atoms with Crippen LogP contribution in [0.5, 0.6) is 0 Å². The Kier molecular flexibility index (Phi) is 8.24. The number of imidazole rings is 1. The van der Waals surface area contributed by atoms with Gasteiger partial charge in [0.05, 0.1) is 10.6 Å². The van der Waals surface area contributed by atoms with Crippen LogP contribution in [-0.2, 0) is 11.0 Å². The van der Waals surface area contributed by atoms with E-state index in [2.05, 4.69) is 14.8 Å². The minimum Gasteiger partial charge on any atom is -0.480 e. The van der Waals surface area contributed by atoms with E-state index >= 15 is 0 Å². The van der Waals surface area contributed by atoms with E-state index in [1.807, 2.05) is 6.07 Å². The fraction of sp³-hybridized carbons (Fsp3) is 0.548. The van der Waals surface area contributed by atoms with Gasteiger partial charge in [-0.15, -0.1) is 0 Å². The number of likely N-dealkylation sites (tertiary alicyclic amines) is 2. The Morgan fingerprint density at radius 1 is 1.12 bits per heavy atom. The Balaban J connectivity index is 1.16. The quantitative estimate of drug-likeness (QED) is 0.290. The Morgan fingerprint density at radius 2 is 1.88 bits per heavy atom. The molecular weight excluding hydrogens is 572 g/mol. The Bertz CT molecular complexity index is 1430. The van der Waals surface area contributed by atoms with E-state index < -0.39 is 23.8 Å². The lowest BCUT2D eigenvalue weighted by Crippen LogP contribution is -2.43. The molecule has 1 N–H and O–H groups in total. The Hall–Kier alpha value is -2.69. The molecule has 226 valence electrons. The minimum atomic E-state index is -4.51. The molecule has 3 atom stereocenters. The number of benzene rings is 1. The standard InChI is InChI=1S/C31H35ClF4N4O2/c32-26-13-23(31(34,35)36)17-40-28(14-37-29(26)40)20-7-9-38(10-8-20)15-22-16-39(27(30(41)42)11-19-3-1-4-19)18-25(22)21-5-2-6-24(33)12-21/h2,5-6,12-14,17,19-20,22,25,27H,1,3-4,7-11,15-16,18H2,(H,41,42)/t22-,25+,27+/m0/s1. The number of piperidine rings is 1. The third-order valence-corrected chi connectivity index (χ3v) is 9.95. The number of carbonyl (C=O) groups is 1. The van der Waals surface area contributed by atoms with E-state index in [0.29, 0.717) is 31.1 Å². The summed E-state index contributed by atoms with van der Waals surface area (Å²) in [5.41, 5.74) is 1.14. The molecular formula is C31H35ClF4N4O2. The highest BCUT2D eigenvalue weighted by atomic mass is 35.5. The van der Waals surface area contributed by atoms with Crippen molar-refractivity contribution < 1.29 is 27.5 Å². The monoisotopic (exact) mass is 606 g/mol. The van der Waals surface area contributed by atoms with Crippen molar-refractivity contribution in [2.24, 2.45) is 11.8 Å². The third kappa shape index (κ3) is 6.03. The van der Waals surface area contributed by atoms with Crippen molar-refractivity contribution in [3.63, 3.8) is 0 Å². The number of carboxylic acids is 1. The van der Waals surface area contributed by atoms with Crippen LogP contribution < -0.4 is 0 Å². The molecule has 1 aromatic carbocycles. The van der Waals surface area contributed by atoms with Crippen molar-refractivity contribution >= 4 is 23.2 Å². The van der Waals surface area contributed by atoms with Crippen molar-refractivity contribution in [2.45, 2.75) is 62.6 Å². The van der Waals surface area contributed by atoms with E-state index in [1.54, 1.807) is 18.3 Å². The molecule has 42 heavy (non-hydrogen) atoms. The molecule has 2 saturated heterocycles. The van der Waals surface area contributed by atoms with Crippen LogP contribution in [0.25, 0.3) is 5.65 Å². The van der Waals surface area contributed by atoms with Crippen LogP contribution >= 0.6 is 11.6 Å². The van der Waals surface area contributed by atoms with Crippen LogP contribution in [0, 0.1) is 17.7 Å². The van der Waals surface area contributed by atoms with Gasteiger partial charge in [0.2, 0.25) is 0 Å². The van der Waals surface area contributed by atoms with Gasteiger partial charge in [-0.3, -0.25) is 9.69 Å². The maximum absolute atomic E-state index is 14.2. The number of fused-ring (bicyclic) bond motifs is 1. The molecule has 6 rings (SSSR count). The van der Waals surface area contributed by atoms with Crippen LogP contribution in [0.3, 0.4) is 0 Å². The molecule has 0 radical (unpaired) electrons. The van der Waals surface area contributed by atoms with E-state index in [0.717, 1.165) is 75.3 Å². The first-order valence-corrected chi connectivity index (χ1v) is 15.1. The van der Waals surface area contributed by atoms with Gasteiger partial charge >= 0.3 is 12.1 Å². The summed E-state index contributed by atoms with van der Waals surface area (Å²) in [5, 5.41) is 10.1. The summed E-state index contributed by atoms with van der Waals surface area (Å²) in [4.78, 5) is 21.1. The van der Waals surface area contributed by atoms with E-state index in [-0.39, 0.29) is 28.6 Å². The summed E-state index contributed by atoms with van der Waals surface area (Å²) < 4.78 is 56.0. The molecule has 3 aliphatic rings. The molecule has 2 aliphatic heterocycles. The van der Waals surface area contributed by atoms with Gasteiger partial charge in [0.25, 0.3) is 0 Å². The van der Waals surface area contributed by atoms with Crippen molar-refractivity contribution in [1.82, 2.24) is 19.2 Å². The Labute approximate surface area is 247 Å². The highest BCUT2D eigenvalue weighted by Crippen LogP contribution is 2.40. The normalized spacial score (nSPS) is 23.8. The molecule has 11 heteroatoms. The van der Waals surface area contributed by atoms with Crippen LogP contribution in [0.15, 0.2) is 42.7 Å². The maximum Gasteiger partial charge on any atom is 0.417 e. The average Bonchev–Trinajstić information content (AvgIpc) is 3.53. The predicted molar refractivity (Wildman–Crippen MR) is 151 cm³/mol. The first-order chi connectivity index (χ1) is 20.1. The molecule has 3 fully saturated rings. The molecule has 0 unspecified atom stereocenters. The van der Waals surface area contributed by atoms with Crippen LogP contribution in [0.2, 0.25) is 5.02 Å². The topological polar surface area (TPSA) is 61.1 Å². The average molecular weight is 607 g/mol. The number of nitrogens with zero attached hydrogens (tertiary/aromatic N) is 4. The molecule has 3 aromatic rings. The molecule has 0 amide bonds. The second-order valence-corrected chi connectivity index (χ2v) is 12.7. The largest absolute Gasteiger partial charge is 0.480 e. The fourth-order valence-corrected chi connectivity index (χ4v) is 7.43. The highest BCUT2D eigenvalue weighted by molar-refractivity contribution is 6.33. The van der Waals surface area contributed by atoms with Gasteiger partial charge in [-0.1, -0.05) is 43.0 Å².